The monoisotopic (exact) mass is 336 g/mol. The summed E-state index contributed by atoms with van der Waals surface area (Å²) in [5.74, 6) is 0.709. The first kappa shape index (κ1) is 16.5. The molecule has 0 N–H and O–H groups in total. The molecule has 3 rings (SSSR count). The van der Waals surface area contributed by atoms with Gasteiger partial charge in [-0.05, 0) is 30.7 Å². The van der Waals surface area contributed by atoms with Crippen LogP contribution in [0, 0.1) is 5.92 Å². The second-order valence-corrected chi connectivity index (χ2v) is 8.74. The van der Waals surface area contributed by atoms with E-state index in [1.807, 2.05) is 23.1 Å². The van der Waals surface area contributed by atoms with Crippen molar-refractivity contribution in [3.63, 3.8) is 0 Å². The molecule has 126 valence electrons. The van der Waals surface area contributed by atoms with Crippen molar-refractivity contribution in [3.8, 4) is 0 Å². The van der Waals surface area contributed by atoms with Crippen LogP contribution in [0.2, 0.25) is 0 Å². The normalized spacial score (nSPS) is 25.6. The fraction of sp³-hybridized carbons (Fsp3) is 0.588. The van der Waals surface area contributed by atoms with Crippen LogP contribution in [0.5, 0.6) is 0 Å². The van der Waals surface area contributed by atoms with Crippen LogP contribution in [-0.4, -0.2) is 56.0 Å². The van der Waals surface area contributed by atoms with Gasteiger partial charge in [-0.15, -0.1) is 0 Å². The zero-order valence-corrected chi connectivity index (χ0v) is 14.5. The molecule has 2 atom stereocenters. The lowest BCUT2D eigenvalue weighted by atomic mass is 10.0. The molecule has 1 saturated carbocycles. The molecule has 1 amide bonds. The van der Waals surface area contributed by atoms with Gasteiger partial charge < -0.3 is 4.90 Å². The number of hydrogen-bond acceptors (Lipinski definition) is 3. The second kappa shape index (κ2) is 6.24. The maximum atomic E-state index is 12.6. The van der Waals surface area contributed by atoms with Crippen LogP contribution in [0.3, 0.4) is 0 Å². The Hall–Kier alpha value is -1.40. The minimum Gasteiger partial charge on any atom is -0.342 e. The number of amides is 1. The maximum Gasteiger partial charge on any atom is 0.226 e. The largest absolute Gasteiger partial charge is 0.342 e. The van der Waals surface area contributed by atoms with E-state index in [1.165, 1.54) is 16.1 Å². The van der Waals surface area contributed by atoms with Crippen LogP contribution < -0.4 is 0 Å². The molecule has 0 unspecified atom stereocenters. The van der Waals surface area contributed by atoms with Gasteiger partial charge in [-0.2, -0.15) is 0 Å². The van der Waals surface area contributed by atoms with Gasteiger partial charge in [0.1, 0.15) is 0 Å². The van der Waals surface area contributed by atoms with Gasteiger partial charge in [-0.3, -0.25) is 4.79 Å². The summed E-state index contributed by atoms with van der Waals surface area (Å²) in [6.45, 7) is 1.31. The fourth-order valence-electron chi connectivity index (χ4n) is 3.49. The smallest absolute Gasteiger partial charge is 0.226 e. The summed E-state index contributed by atoms with van der Waals surface area (Å²) in [6.07, 6.45) is 3.61. The van der Waals surface area contributed by atoms with Crippen LogP contribution in [0.1, 0.15) is 30.7 Å². The molecule has 1 aliphatic heterocycles. The molecule has 23 heavy (non-hydrogen) atoms. The van der Waals surface area contributed by atoms with E-state index in [0.29, 0.717) is 19.0 Å². The first-order chi connectivity index (χ1) is 10.9. The van der Waals surface area contributed by atoms with Crippen LogP contribution in [-0.2, 0) is 14.8 Å². The average Bonchev–Trinajstić information content (AvgIpc) is 3.34. The Bertz CT molecular complexity index is 666. The molecule has 1 aliphatic carbocycles. The van der Waals surface area contributed by atoms with Gasteiger partial charge in [-0.25, -0.2) is 12.7 Å². The standard InChI is InChI=1S/C17H24N2O3S/c1-18(23(2,21)22)14-8-10-19(11-9-14)17(20)16-12-15(16)13-6-4-3-5-7-13/h3-7,14-16H,8-12H2,1-2H3/t15-,16-/m0/s1. The molecule has 5 nitrogen and oxygen atoms in total. The summed E-state index contributed by atoms with van der Waals surface area (Å²) >= 11 is 0. The molecule has 0 bridgehead atoms. The van der Waals surface area contributed by atoms with E-state index in [1.54, 1.807) is 7.05 Å². The summed E-state index contributed by atoms with van der Waals surface area (Å²) in [4.78, 5) is 14.5. The number of likely N-dealkylation sites (tertiary alicyclic amines) is 1. The zero-order chi connectivity index (χ0) is 16.6. The Kier molecular flexibility index (Phi) is 4.47. The van der Waals surface area contributed by atoms with Gasteiger partial charge in [0.25, 0.3) is 0 Å². The van der Waals surface area contributed by atoms with Crippen molar-refractivity contribution >= 4 is 15.9 Å². The lowest BCUT2D eigenvalue weighted by Crippen LogP contribution is -2.47. The molecule has 2 fully saturated rings. The number of sulfonamides is 1. The minimum atomic E-state index is -3.16. The average molecular weight is 336 g/mol. The molecule has 0 radical (unpaired) electrons. The highest BCUT2D eigenvalue weighted by Crippen LogP contribution is 2.48. The SMILES string of the molecule is CN(C1CCN(C(=O)[C@H]2C[C@H]2c2ccccc2)CC1)S(C)(=O)=O. The predicted molar refractivity (Wildman–Crippen MR) is 89.5 cm³/mol. The van der Waals surface area contributed by atoms with Crippen LogP contribution in [0.15, 0.2) is 30.3 Å². The van der Waals surface area contributed by atoms with E-state index < -0.39 is 10.0 Å². The van der Waals surface area contributed by atoms with Gasteiger partial charge in [0.2, 0.25) is 15.9 Å². The van der Waals surface area contributed by atoms with Crippen molar-refractivity contribution in [2.45, 2.75) is 31.2 Å². The molecule has 1 heterocycles. The summed E-state index contributed by atoms with van der Waals surface area (Å²) in [5, 5.41) is 0. The van der Waals surface area contributed by atoms with E-state index in [0.717, 1.165) is 19.3 Å². The van der Waals surface area contributed by atoms with Gasteiger partial charge in [-0.1, -0.05) is 30.3 Å². The summed E-state index contributed by atoms with van der Waals surface area (Å²) in [6, 6.07) is 10.2. The maximum absolute atomic E-state index is 12.6. The summed E-state index contributed by atoms with van der Waals surface area (Å²) < 4.78 is 24.7. The highest BCUT2D eigenvalue weighted by molar-refractivity contribution is 7.88. The van der Waals surface area contributed by atoms with E-state index in [-0.39, 0.29) is 17.9 Å². The van der Waals surface area contributed by atoms with E-state index >= 15 is 0 Å². The van der Waals surface area contributed by atoms with Crippen molar-refractivity contribution in [1.82, 2.24) is 9.21 Å². The summed E-state index contributed by atoms with van der Waals surface area (Å²) in [7, 11) is -1.53. The highest BCUT2D eigenvalue weighted by Gasteiger charge is 2.46. The van der Waals surface area contributed by atoms with Crippen LogP contribution in [0.25, 0.3) is 0 Å². The molecule has 0 aromatic heterocycles. The number of carbonyl (C=O) groups is 1. The van der Waals surface area contributed by atoms with Gasteiger partial charge in [0.05, 0.1) is 6.26 Å². The number of benzene rings is 1. The van der Waals surface area contributed by atoms with Gasteiger partial charge in [0, 0.05) is 32.1 Å². The molecule has 1 aromatic rings. The molecule has 2 aliphatic rings. The first-order valence-electron chi connectivity index (χ1n) is 8.14. The van der Waals surface area contributed by atoms with Crippen molar-refractivity contribution in [3.05, 3.63) is 35.9 Å². The molecule has 1 saturated heterocycles. The predicted octanol–water partition coefficient (Wildman–Crippen LogP) is 1.67. The zero-order valence-electron chi connectivity index (χ0n) is 13.7. The first-order valence-corrected chi connectivity index (χ1v) is 9.99. The third-order valence-corrected chi connectivity index (χ3v) is 6.49. The Morgan fingerprint density at radius 1 is 1.17 bits per heavy atom. The third-order valence-electron chi connectivity index (χ3n) is 5.15. The topological polar surface area (TPSA) is 57.7 Å². The van der Waals surface area contributed by atoms with Gasteiger partial charge >= 0.3 is 0 Å². The Labute approximate surface area is 138 Å². The molecular formula is C17H24N2O3S. The highest BCUT2D eigenvalue weighted by atomic mass is 32.2. The van der Waals surface area contributed by atoms with Crippen molar-refractivity contribution < 1.29 is 13.2 Å². The number of nitrogens with zero attached hydrogens (tertiary/aromatic N) is 2. The Morgan fingerprint density at radius 2 is 1.78 bits per heavy atom. The minimum absolute atomic E-state index is 0.0122. The lowest BCUT2D eigenvalue weighted by Gasteiger charge is -2.35. The molecule has 1 aromatic carbocycles. The van der Waals surface area contributed by atoms with Gasteiger partial charge in [0.15, 0.2) is 0 Å². The Morgan fingerprint density at radius 3 is 2.35 bits per heavy atom. The van der Waals surface area contributed by atoms with E-state index in [2.05, 4.69) is 12.1 Å². The second-order valence-electron chi connectivity index (χ2n) is 6.70. The number of carbonyl (C=O) groups excluding carboxylic acids is 1. The van der Waals surface area contributed by atoms with Crippen LogP contribution >= 0.6 is 0 Å². The molecule has 0 spiro atoms. The summed E-state index contributed by atoms with van der Waals surface area (Å²) in [5.41, 5.74) is 1.25. The van der Waals surface area contributed by atoms with E-state index in [9.17, 15) is 13.2 Å². The van der Waals surface area contributed by atoms with Crippen molar-refractivity contribution in [2.24, 2.45) is 5.92 Å². The number of hydrogen-bond donors (Lipinski definition) is 0. The Balaban J connectivity index is 1.54. The van der Waals surface area contributed by atoms with Crippen LogP contribution in [0.4, 0.5) is 0 Å². The lowest BCUT2D eigenvalue weighted by molar-refractivity contribution is -0.134. The molecular weight excluding hydrogens is 312 g/mol. The van der Waals surface area contributed by atoms with Crippen molar-refractivity contribution in [1.29, 1.82) is 0 Å². The fourth-order valence-corrected chi connectivity index (χ4v) is 4.24. The third kappa shape index (κ3) is 3.58. The van der Waals surface area contributed by atoms with Crippen molar-refractivity contribution in [2.75, 3.05) is 26.4 Å². The number of piperidine rings is 1. The quantitative estimate of drug-likeness (QED) is 0.840. The van der Waals surface area contributed by atoms with E-state index in [4.69, 9.17) is 0 Å². The number of rotatable bonds is 4. The molecule has 6 heteroatoms.